The number of benzene rings is 1. The van der Waals surface area contributed by atoms with Crippen molar-refractivity contribution in [2.75, 3.05) is 11.5 Å². The fourth-order valence-corrected chi connectivity index (χ4v) is 4.10. The van der Waals surface area contributed by atoms with Crippen molar-refractivity contribution < 1.29 is 13.2 Å². The van der Waals surface area contributed by atoms with Gasteiger partial charge >= 0.3 is 6.18 Å². The highest BCUT2D eigenvalue weighted by atomic mass is 32.2. The standard InChI is InChI=1S/C15H20F3NS/c1-14(2)7-8-20-10-13(14)19-9-11-5-3-4-6-12(11)15(16,17)18/h3-6,13,19H,7-10H2,1-2H3. The Morgan fingerprint density at radius 1 is 1.30 bits per heavy atom. The molecule has 0 aromatic heterocycles. The van der Waals surface area contributed by atoms with Crippen molar-refractivity contribution in [2.24, 2.45) is 5.41 Å². The predicted molar refractivity (Wildman–Crippen MR) is 77.8 cm³/mol. The first kappa shape index (κ1) is 15.7. The summed E-state index contributed by atoms with van der Waals surface area (Å²) in [5.74, 6) is 2.09. The minimum Gasteiger partial charge on any atom is -0.309 e. The summed E-state index contributed by atoms with van der Waals surface area (Å²) >= 11 is 1.87. The zero-order valence-corrected chi connectivity index (χ0v) is 12.6. The highest BCUT2D eigenvalue weighted by Gasteiger charge is 2.35. The second-order valence-electron chi connectivity index (χ2n) is 5.90. The Morgan fingerprint density at radius 3 is 2.65 bits per heavy atom. The molecule has 112 valence electrons. The molecule has 1 nitrogen and oxygen atoms in total. The van der Waals surface area contributed by atoms with E-state index in [1.54, 1.807) is 12.1 Å². The molecule has 0 aliphatic carbocycles. The van der Waals surface area contributed by atoms with Gasteiger partial charge in [0.25, 0.3) is 0 Å². The van der Waals surface area contributed by atoms with Gasteiger partial charge in [-0.25, -0.2) is 0 Å². The summed E-state index contributed by atoms with van der Waals surface area (Å²) < 4.78 is 38.8. The predicted octanol–water partition coefficient (Wildman–Crippen LogP) is 4.33. The zero-order valence-electron chi connectivity index (χ0n) is 11.8. The normalized spacial score (nSPS) is 22.8. The van der Waals surface area contributed by atoms with E-state index < -0.39 is 11.7 Å². The summed E-state index contributed by atoms with van der Waals surface area (Å²) in [5.41, 5.74) is -0.0709. The third-order valence-electron chi connectivity index (χ3n) is 3.98. The van der Waals surface area contributed by atoms with Gasteiger partial charge < -0.3 is 5.32 Å². The molecule has 1 aromatic rings. The van der Waals surface area contributed by atoms with Crippen LogP contribution in [0.3, 0.4) is 0 Å². The number of hydrogen-bond donors (Lipinski definition) is 1. The lowest BCUT2D eigenvalue weighted by atomic mass is 9.82. The molecule has 0 amide bonds. The van der Waals surface area contributed by atoms with Gasteiger partial charge in [-0.15, -0.1) is 0 Å². The van der Waals surface area contributed by atoms with E-state index in [2.05, 4.69) is 19.2 Å². The van der Waals surface area contributed by atoms with E-state index in [0.29, 0.717) is 5.56 Å². The fourth-order valence-electron chi connectivity index (χ4n) is 2.46. The lowest BCUT2D eigenvalue weighted by Gasteiger charge is -2.39. The first-order valence-corrected chi connectivity index (χ1v) is 7.92. The second kappa shape index (κ2) is 5.98. The topological polar surface area (TPSA) is 12.0 Å². The molecule has 1 aromatic carbocycles. The first-order chi connectivity index (χ1) is 9.31. The zero-order chi connectivity index (χ0) is 14.8. The average molecular weight is 303 g/mol. The maximum absolute atomic E-state index is 12.9. The van der Waals surface area contributed by atoms with Crippen LogP contribution in [0.2, 0.25) is 0 Å². The van der Waals surface area contributed by atoms with Crippen molar-refractivity contribution in [3.63, 3.8) is 0 Å². The molecule has 1 aliphatic heterocycles. The Bertz CT molecular complexity index is 457. The van der Waals surface area contributed by atoms with Gasteiger partial charge in [0.05, 0.1) is 5.56 Å². The van der Waals surface area contributed by atoms with Crippen molar-refractivity contribution in [3.05, 3.63) is 35.4 Å². The Kier molecular flexibility index (Phi) is 4.69. The molecule has 1 saturated heterocycles. The van der Waals surface area contributed by atoms with E-state index in [0.717, 1.165) is 24.0 Å². The SMILES string of the molecule is CC1(C)CCSCC1NCc1ccccc1C(F)(F)F. The first-order valence-electron chi connectivity index (χ1n) is 6.77. The molecule has 1 atom stereocenters. The summed E-state index contributed by atoms with van der Waals surface area (Å²) in [7, 11) is 0. The van der Waals surface area contributed by atoms with E-state index in [4.69, 9.17) is 0 Å². The average Bonchev–Trinajstić information content (AvgIpc) is 2.36. The number of alkyl halides is 3. The lowest BCUT2D eigenvalue weighted by Crippen LogP contribution is -2.46. The van der Waals surface area contributed by atoms with Crippen LogP contribution in [0, 0.1) is 5.41 Å². The summed E-state index contributed by atoms with van der Waals surface area (Å²) in [6.07, 6.45) is -3.19. The van der Waals surface area contributed by atoms with E-state index in [-0.39, 0.29) is 18.0 Å². The van der Waals surface area contributed by atoms with Crippen LogP contribution in [0.4, 0.5) is 13.2 Å². The van der Waals surface area contributed by atoms with Crippen molar-refractivity contribution in [3.8, 4) is 0 Å². The Hall–Kier alpha value is -0.680. The molecule has 20 heavy (non-hydrogen) atoms. The fraction of sp³-hybridized carbons (Fsp3) is 0.600. The highest BCUT2D eigenvalue weighted by molar-refractivity contribution is 7.99. The maximum atomic E-state index is 12.9. The molecular formula is C15H20F3NS. The molecule has 0 spiro atoms. The molecular weight excluding hydrogens is 283 g/mol. The van der Waals surface area contributed by atoms with Crippen molar-refractivity contribution in [1.29, 1.82) is 0 Å². The van der Waals surface area contributed by atoms with Gasteiger partial charge in [0.2, 0.25) is 0 Å². The molecule has 1 heterocycles. The number of thioether (sulfide) groups is 1. The molecule has 1 aliphatic rings. The maximum Gasteiger partial charge on any atom is 0.416 e. The largest absolute Gasteiger partial charge is 0.416 e. The van der Waals surface area contributed by atoms with Crippen LogP contribution < -0.4 is 5.32 Å². The minimum absolute atomic E-state index is 0.137. The Balaban J connectivity index is 2.08. The van der Waals surface area contributed by atoms with Crippen molar-refractivity contribution >= 4 is 11.8 Å². The van der Waals surface area contributed by atoms with Gasteiger partial charge in [-0.2, -0.15) is 24.9 Å². The van der Waals surface area contributed by atoms with Crippen LogP contribution in [0.1, 0.15) is 31.4 Å². The van der Waals surface area contributed by atoms with Gasteiger partial charge in [0, 0.05) is 18.3 Å². The number of rotatable bonds is 3. The van der Waals surface area contributed by atoms with Gasteiger partial charge in [-0.05, 0) is 29.2 Å². The van der Waals surface area contributed by atoms with Gasteiger partial charge in [0.1, 0.15) is 0 Å². The molecule has 0 saturated carbocycles. The summed E-state index contributed by atoms with van der Waals surface area (Å²) in [4.78, 5) is 0. The molecule has 5 heteroatoms. The number of halogens is 3. The Labute approximate surface area is 122 Å². The van der Waals surface area contributed by atoms with Gasteiger partial charge in [0.15, 0.2) is 0 Å². The summed E-state index contributed by atoms with van der Waals surface area (Å²) in [6, 6.07) is 6.05. The molecule has 0 radical (unpaired) electrons. The van der Waals surface area contributed by atoms with E-state index in [1.165, 1.54) is 6.07 Å². The smallest absolute Gasteiger partial charge is 0.309 e. The monoisotopic (exact) mass is 303 g/mol. The molecule has 1 fully saturated rings. The van der Waals surface area contributed by atoms with Gasteiger partial charge in [-0.3, -0.25) is 0 Å². The third-order valence-corrected chi connectivity index (χ3v) is 5.04. The van der Waals surface area contributed by atoms with Crippen LogP contribution in [0.25, 0.3) is 0 Å². The van der Waals surface area contributed by atoms with Crippen molar-refractivity contribution in [2.45, 2.75) is 39.0 Å². The quantitative estimate of drug-likeness (QED) is 0.892. The number of hydrogen-bond acceptors (Lipinski definition) is 2. The van der Waals surface area contributed by atoms with Crippen LogP contribution in [0.15, 0.2) is 24.3 Å². The Morgan fingerprint density at radius 2 is 2.00 bits per heavy atom. The lowest BCUT2D eigenvalue weighted by molar-refractivity contribution is -0.138. The van der Waals surface area contributed by atoms with Crippen LogP contribution in [-0.4, -0.2) is 17.5 Å². The third kappa shape index (κ3) is 3.70. The molecule has 2 rings (SSSR count). The van der Waals surface area contributed by atoms with Crippen molar-refractivity contribution in [1.82, 2.24) is 5.32 Å². The highest BCUT2D eigenvalue weighted by Crippen LogP contribution is 2.35. The van der Waals surface area contributed by atoms with E-state index in [1.807, 2.05) is 11.8 Å². The summed E-state index contributed by atoms with van der Waals surface area (Å²) in [6.45, 7) is 4.63. The molecule has 1 N–H and O–H groups in total. The van der Waals surface area contributed by atoms with Gasteiger partial charge in [-0.1, -0.05) is 32.0 Å². The van der Waals surface area contributed by atoms with Crippen LogP contribution >= 0.6 is 11.8 Å². The van der Waals surface area contributed by atoms with Crippen LogP contribution in [0.5, 0.6) is 0 Å². The summed E-state index contributed by atoms with van der Waals surface area (Å²) in [5, 5.41) is 3.32. The van der Waals surface area contributed by atoms with E-state index in [9.17, 15) is 13.2 Å². The van der Waals surface area contributed by atoms with E-state index >= 15 is 0 Å². The minimum atomic E-state index is -4.28. The molecule has 1 unspecified atom stereocenters. The van der Waals surface area contributed by atoms with Crippen LogP contribution in [-0.2, 0) is 12.7 Å². The molecule has 0 bridgehead atoms. The number of nitrogens with one attached hydrogen (secondary N) is 1. The second-order valence-corrected chi connectivity index (χ2v) is 7.05.